The molecule has 0 heterocycles. The van der Waals surface area contributed by atoms with Crippen LogP contribution in [0.5, 0.6) is 0 Å². The maximum absolute atomic E-state index is 0. The minimum atomic E-state index is 0. The molecular formula is Au2PdPt. The van der Waals surface area contributed by atoms with Gasteiger partial charge in [0, 0.05) is 86.2 Å². The first-order valence-corrected chi connectivity index (χ1v) is 0. The van der Waals surface area contributed by atoms with Gasteiger partial charge in [-0.2, -0.15) is 0 Å². The Kier molecular flexibility index (Phi) is 123. The third kappa shape index (κ3) is 8.85. The summed E-state index contributed by atoms with van der Waals surface area (Å²) in [6.45, 7) is 0. The fourth-order valence-corrected chi connectivity index (χ4v) is 0. The van der Waals surface area contributed by atoms with Crippen molar-refractivity contribution in [3.63, 3.8) is 0 Å². The molecule has 0 spiro atoms. The van der Waals surface area contributed by atoms with Gasteiger partial charge in [0.1, 0.15) is 0 Å². The van der Waals surface area contributed by atoms with E-state index in [9.17, 15) is 0 Å². The van der Waals surface area contributed by atoms with E-state index in [1.165, 1.54) is 0 Å². The van der Waals surface area contributed by atoms with Crippen LogP contribution < -0.4 is 0 Å². The first-order chi connectivity index (χ1) is 0. The predicted octanol–water partition coefficient (Wildman–Crippen LogP) is -0.0100. The Balaban J connectivity index is 0. The third-order valence-corrected chi connectivity index (χ3v) is 0. The average molecular weight is 695 g/mol. The molecule has 0 rings (SSSR count). The molecule has 0 aromatic carbocycles. The summed E-state index contributed by atoms with van der Waals surface area (Å²) in [5.74, 6) is 0. The summed E-state index contributed by atoms with van der Waals surface area (Å²) in [5, 5.41) is 0. The van der Waals surface area contributed by atoms with Gasteiger partial charge in [0.15, 0.2) is 0 Å². The van der Waals surface area contributed by atoms with E-state index in [2.05, 4.69) is 0 Å². The molecule has 0 amide bonds. The van der Waals surface area contributed by atoms with E-state index in [0.29, 0.717) is 0 Å². The van der Waals surface area contributed by atoms with E-state index < -0.39 is 0 Å². The fraction of sp³-hybridized carbons (Fsp3) is 0. The van der Waals surface area contributed by atoms with Gasteiger partial charge in [0.2, 0.25) is 0 Å². The number of rotatable bonds is 0. The van der Waals surface area contributed by atoms with Crippen LogP contribution in [0.4, 0.5) is 0 Å². The van der Waals surface area contributed by atoms with E-state index in [0.717, 1.165) is 0 Å². The molecule has 0 N–H and O–H groups in total. The molecule has 0 atom stereocenters. The SMILES string of the molecule is [Au].[Au].[Pd].[Pt]. The van der Waals surface area contributed by atoms with E-state index in [-0.39, 0.29) is 86.2 Å². The topological polar surface area (TPSA) is 0 Å². The van der Waals surface area contributed by atoms with Crippen molar-refractivity contribution in [3.05, 3.63) is 0 Å². The van der Waals surface area contributed by atoms with Crippen molar-refractivity contribution in [1.82, 2.24) is 0 Å². The van der Waals surface area contributed by atoms with E-state index >= 15 is 0 Å². The van der Waals surface area contributed by atoms with Gasteiger partial charge in [-0.3, -0.25) is 0 Å². The normalized spacial score (nSPS) is 0. The Morgan fingerprint density at radius 1 is 0.750 bits per heavy atom. The molecule has 0 saturated carbocycles. The van der Waals surface area contributed by atoms with Gasteiger partial charge in [-0.05, 0) is 0 Å². The second kappa shape index (κ2) is 17.0. The summed E-state index contributed by atoms with van der Waals surface area (Å²) in [6.07, 6.45) is 0. The van der Waals surface area contributed by atoms with Crippen molar-refractivity contribution in [2.75, 3.05) is 0 Å². The average Bonchev–Trinajstić information content (AvgIpc) is 0. The number of hydrogen-bond donors (Lipinski definition) is 0. The molecule has 0 bridgehead atoms. The monoisotopic (exact) mass is 695 g/mol. The molecule has 4 heteroatoms. The molecular weight excluding hydrogens is 695 g/mol. The van der Waals surface area contributed by atoms with Gasteiger partial charge in [-0.25, -0.2) is 0 Å². The van der Waals surface area contributed by atoms with Crippen molar-refractivity contribution < 1.29 is 86.2 Å². The Morgan fingerprint density at radius 3 is 0.750 bits per heavy atom. The van der Waals surface area contributed by atoms with Crippen LogP contribution in [-0.4, -0.2) is 0 Å². The smallest absolute Gasteiger partial charge is 0 e. The largest absolute Gasteiger partial charge is 0 e. The van der Waals surface area contributed by atoms with Crippen molar-refractivity contribution >= 4 is 0 Å². The molecule has 0 saturated heterocycles. The van der Waals surface area contributed by atoms with Crippen LogP contribution in [0.3, 0.4) is 0 Å². The Hall–Kier alpha value is 2.83. The summed E-state index contributed by atoms with van der Waals surface area (Å²) >= 11 is 0. The summed E-state index contributed by atoms with van der Waals surface area (Å²) in [6, 6.07) is 0. The van der Waals surface area contributed by atoms with Crippen molar-refractivity contribution in [1.29, 1.82) is 0 Å². The van der Waals surface area contributed by atoms with Crippen molar-refractivity contribution in [2.45, 2.75) is 0 Å². The standard InChI is InChI=1S/2Au.Pd.Pt. The van der Waals surface area contributed by atoms with Gasteiger partial charge in [0.25, 0.3) is 0 Å². The second-order valence-corrected chi connectivity index (χ2v) is 0. The van der Waals surface area contributed by atoms with Gasteiger partial charge in [0.05, 0.1) is 0 Å². The van der Waals surface area contributed by atoms with E-state index in [1.807, 2.05) is 0 Å². The van der Waals surface area contributed by atoms with Gasteiger partial charge in [-0.1, -0.05) is 0 Å². The van der Waals surface area contributed by atoms with Crippen LogP contribution in [0.25, 0.3) is 0 Å². The minimum Gasteiger partial charge on any atom is 0 e. The molecule has 4 heavy (non-hydrogen) atoms. The quantitative estimate of drug-likeness (QED) is 0.314. The number of hydrogen-bond acceptors (Lipinski definition) is 0. The molecule has 0 aromatic heterocycles. The Morgan fingerprint density at radius 2 is 0.750 bits per heavy atom. The molecule has 2 radical (unpaired) electrons. The van der Waals surface area contributed by atoms with Crippen LogP contribution in [0.1, 0.15) is 0 Å². The van der Waals surface area contributed by atoms with Crippen molar-refractivity contribution in [3.8, 4) is 0 Å². The summed E-state index contributed by atoms with van der Waals surface area (Å²) in [7, 11) is 0. The van der Waals surface area contributed by atoms with Crippen LogP contribution in [0.15, 0.2) is 0 Å². The fourth-order valence-electron chi connectivity index (χ4n) is 0. The molecule has 0 fully saturated rings. The first kappa shape index (κ1) is 29.0. The first-order valence-electron chi connectivity index (χ1n) is 0. The minimum absolute atomic E-state index is 0. The van der Waals surface area contributed by atoms with Crippen LogP contribution in [-0.2, 0) is 86.2 Å². The molecule has 0 aromatic rings. The van der Waals surface area contributed by atoms with Crippen LogP contribution in [0, 0.1) is 0 Å². The zero-order valence-corrected chi connectivity index (χ0v) is 9.40. The Bertz CT molecular complexity index is 6.00. The molecule has 0 aliphatic rings. The maximum atomic E-state index is 0. The third-order valence-electron chi connectivity index (χ3n) is 0. The Labute approximate surface area is 84.8 Å². The summed E-state index contributed by atoms with van der Waals surface area (Å²) in [4.78, 5) is 0. The van der Waals surface area contributed by atoms with Gasteiger partial charge < -0.3 is 0 Å². The predicted molar refractivity (Wildman–Crippen MR) is 0 cm³/mol. The van der Waals surface area contributed by atoms with Crippen LogP contribution >= 0.6 is 0 Å². The van der Waals surface area contributed by atoms with Gasteiger partial charge in [-0.15, -0.1) is 0 Å². The second-order valence-electron chi connectivity index (χ2n) is 0. The molecule has 42 valence electrons. The van der Waals surface area contributed by atoms with Crippen molar-refractivity contribution in [2.24, 2.45) is 0 Å². The van der Waals surface area contributed by atoms with E-state index in [4.69, 9.17) is 0 Å². The van der Waals surface area contributed by atoms with Gasteiger partial charge >= 0.3 is 0 Å². The molecule has 0 unspecified atom stereocenters. The zero-order valence-electron chi connectivity index (χ0n) is 1.24. The maximum Gasteiger partial charge on any atom is 0 e. The molecule has 0 aliphatic heterocycles. The summed E-state index contributed by atoms with van der Waals surface area (Å²) in [5.41, 5.74) is 0. The molecule has 0 aliphatic carbocycles. The van der Waals surface area contributed by atoms with E-state index in [1.54, 1.807) is 0 Å². The molecule has 0 nitrogen and oxygen atoms in total. The zero-order chi connectivity index (χ0) is 0. The van der Waals surface area contributed by atoms with Crippen LogP contribution in [0.2, 0.25) is 0 Å². The summed E-state index contributed by atoms with van der Waals surface area (Å²) < 4.78 is 0.